The van der Waals surface area contributed by atoms with Crippen molar-refractivity contribution in [1.82, 2.24) is 52.4 Å². The number of aliphatic hydroxyl groups excluding tert-OH is 1. The second-order valence-electron chi connectivity index (χ2n) is 16.3. The third-order valence-electron chi connectivity index (χ3n) is 11.7. The Kier molecular flexibility index (Phi) is 17.0. The molecule has 2 aliphatic heterocycles. The van der Waals surface area contributed by atoms with Crippen LogP contribution >= 0.6 is 0 Å². The number of primary amides is 3. The van der Waals surface area contributed by atoms with Gasteiger partial charge in [-0.15, -0.1) is 5.53 Å². The summed E-state index contributed by atoms with van der Waals surface area (Å²) in [5.41, 5.74) is 31.3. The zero-order chi connectivity index (χ0) is 47.4. The Hall–Kier alpha value is -6.98. The third-order valence-corrected chi connectivity index (χ3v) is 11.7. The third kappa shape index (κ3) is 12.8. The summed E-state index contributed by atoms with van der Waals surface area (Å²) in [6, 6.07) is -1.40. The number of allylic oxidation sites excluding steroid dienone is 3. The van der Waals surface area contributed by atoms with Gasteiger partial charge in [-0.1, -0.05) is 50.6 Å². The number of hydrogen-bond donors (Lipinski definition) is 13. The van der Waals surface area contributed by atoms with E-state index in [2.05, 4.69) is 42.5 Å². The summed E-state index contributed by atoms with van der Waals surface area (Å²) < 4.78 is 0. The number of nitrogens with two attached hydrogens (primary N) is 4. The molecule has 2 aromatic rings. The number of aromatic amines is 1. The molecule has 3 aliphatic rings. The molecule has 17 N–H and O–H groups in total. The van der Waals surface area contributed by atoms with Crippen molar-refractivity contribution < 1.29 is 43.5 Å². The fourth-order valence-electron chi connectivity index (χ4n) is 7.80. The normalized spacial score (nSPS) is 19.4. The Balaban J connectivity index is 1.43. The first-order chi connectivity index (χ1) is 31.0. The Morgan fingerprint density at radius 2 is 1.66 bits per heavy atom. The maximum Gasteiger partial charge on any atom is 0.312 e. The first kappa shape index (κ1) is 49.0. The number of urea groups is 1. The van der Waals surface area contributed by atoms with Gasteiger partial charge in [0.2, 0.25) is 41.4 Å². The van der Waals surface area contributed by atoms with E-state index in [0.717, 1.165) is 16.6 Å². The fraction of sp³-hybridized carbons (Fsp3) is 0.476. The largest absolute Gasteiger partial charge is 0.394 e. The number of H-pyrrole nitrogens is 1. The van der Waals surface area contributed by atoms with Crippen molar-refractivity contribution in [2.75, 3.05) is 19.7 Å². The van der Waals surface area contributed by atoms with Gasteiger partial charge in [0.15, 0.2) is 0 Å². The van der Waals surface area contributed by atoms with Gasteiger partial charge in [0, 0.05) is 60.8 Å². The van der Waals surface area contributed by atoms with Crippen molar-refractivity contribution in [3.05, 3.63) is 71.8 Å². The van der Waals surface area contributed by atoms with E-state index in [1.165, 1.54) is 4.90 Å². The molecule has 0 saturated carbocycles. The molecule has 352 valence electrons. The van der Waals surface area contributed by atoms with E-state index in [1.807, 2.05) is 48.7 Å². The Labute approximate surface area is 374 Å². The van der Waals surface area contributed by atoms with Crippen molar-refractivity contribution in [3.63, 3.8) is 0 Å². The molecular weight excluding hydrogens is 845 g/mol. The average Bonchev–Trinajstić information content (AvgIpc) is 4.12. The number of carbonyl (C=O) groups excluding carboxylic acids is 8. The molecule has 23 nitrogen and oxygen atoms in total. The van der Waals surface area contributed by atoms with Crippen LogP contribution in [0.1, 0.15) is 57.9 Å². The average molecular weight is 905 g/mol. The van der Waals surface area contributed by atoms with E-state index in [1.54, 1.807) is 25.1 Å². The van der Waals surface area contributed by atoms with Crippen LogP contribution in [0.4, 0.5) is 4.79 Å². The smallest absolute Gasteiger partial charge is 0.312 e. The first-order valence-electron chi connectivity index (χ1n) is 21.4. The predicted molar refractivity (Wildman–Crippen MR) is 236 cm³/mol. The van der Waals surface area contributed by atoms with Gasteiger partial charge in [0.05, 0.1) is 24.8 Å². The minimum absolute atomic E-state index is 0.0140. The fourth-order valence-corrected chi connectivity index (χ4v) is 7.80. The molecular formula is C42H60N14O9. The molecule has 3 heterocycles. The SMILES string of the molecule is CC[C@H](C)[C@H](NC(=O)[C@H](CC(N)=O)NC(=O)[C@@H](N)CCCNC(N)=O)C(=O)N1CC(C2=CN(C3=CC=CC3)NN2)C[C@H]1C(=O)N[C@@H](Cc1c[nH]c2ccccc12)C(=O)N[C@@H](CO)C(N)=O. The van der Waals surface area contributed by atoms with Crippen LogP contribution in [0.3, 0.4) is 0 Å². The number of aliphatic hydroxyl groups is 1. The van der Waals surface area contributed by atoms with Crippen LogP contribution < -0.4 is 60.5 Å². The van der Waals surface area contributed by atoms with E-state index in [4.69, 9.17) is 22.9 Å². The maximum atomic E-state index is 14.9. The standard InChI is InChI=1S/C42H60N14O9/c1-3-22(2)35(52-39(62)30(17-34(44)58)49-37(60)27(43)12-8-14-47-42(46)65)41(64)55-19-24(31-20-56(54-53-31)25-9-4-5-10-25)16-33(55)40(63)50-29(38(61)51-32(21-57)36(45)59)15-23-18-48-28-13-7-6-11-26(23)28/h4-7,9,11,13,18,20,22,24,27,29-30,32-33,35,48,53-54,57H,3,8,10,12,14-17,19,21,43H2,1-2H3,(H2,44,58)(H2,45,59)(H,49,60)(H,50,63)(H,51,61)(H,52,62)(H3,46,47,65)/t22-,24?,27-,29-,30-,32-,33-,35-/m0/s1. The number of nitrogens with one attached hydrogen (secondary N) is 8. The van der Waals surface area contributed by atoms with Gasteiger partial charge < -0.3 is 69.9 Å². The van der Waals surface area contributed by atoms with Crippen molar-refractivity contribution in [2.45, 2.75) is 95.0 Å². The lowest BCUT2D eigenvalue weighted by Crippen LogP contribution is -2.61. The van der Waals surface area contributed by atoms with Gasteiger partial charge in [-0.25, -0.2) is 4.79 Å². The number of para-hydroxylation sites is 1. The summed E-state index contributed by atoms with van der Waals surface area (Å²) >= 11 is 0. The first-order valence-corrected chi connectivity index (χ1v) is 21.4. The van der Waals surface area contributed by atoms with Gasteiger partial charge >= 0.3 is 6.03 Å². The quantitative estimate of drug-likeness (QED) is 0.0497. The molecule has 1 aromatic heterocycles. The molecule has 0 radical (unpaired) electrons. The molecule has 1 saturated heterocycles. The number of carbonyl (C=O) groups is 8. The number of hydrogen-bond acceptors (Lipinski definition) is 13. The number of nitrogens with zero attached hydrogens (tertiary/aromatic N) is 2. The zero-order valence-corrected chi connectivity index (χ0v) is 36.3. The minimum atomic E-state index is -1.53. The number of hydrazine groups is 2. The van der Waals surface area contributed by atoms with Crippen molar-refractivity contribution in [1.29, 1.82) is 0 Å². The van der Waals surface area contributed by atoms with E-state index < -0.39 is 108 Å². The molecule has 0 spiro atoms. The van der Waals surface area contributed by atoms with E-state index in [-0.39, 0.29) is 38.8 Å². The predicted octanol–water partition coefficient (Wildman–Crippen LogP) is -2.95. The van der Waals surface area contributed by atoms with Crippen LogP contribution in [0.15, 0.2) is 66.3 Å². The van der Waals surface area contributed by atoms with Crippen molar-refractivity contribution >= 4 is 58.3 Å². The molecule has 1 aromatic carbocycles. The van der Waals surface area contributed by atoms with Gasteiger partial charge in [0.25, 0.3) is 0 Å². The lowest BCUT2D eigenvalue weighted by molar-refractivity contribution is -0.143. The van der Waals surface area contributed by atoms with E-state index in [0.29, 0.717) is 24.1 Å². The van der Waals surface area contributed by atoms with Gasteiger partial charge in [-0.2, -0.15) is 0 Å². The highest BCUT2D eigenvalue weighted by Crippen LogP contribution is 2.32. The number of aromatic nitrogens is 1. The number of benzene rings is 1. The molecule has 65 heavy (non-hydrogen) atoms. The van der Waals surface area contributed by atoms with Crippen molar-refractivity contribution in [3.8, 4) is 0 Å². The maximum absolute atomic E-state index is 14.9. The molecule has 1 unspecified atom stereocenters. The van der Waals surface area contributed by atoms with Crippen LogP contribution in [-0.2, 0) is 40.0 Å². The monoisotopic (exact) mass is 904 g/mol. The summed E-state index contributed by atoms with van der Waals surface area (Å²) in [5.74, 6) is -6.82. The summed E-state index contributed by atoms with van der Waals surface area (Å²) in [6.07, 6.45) is 10.1. The van der Waals surface area contributed by atoms with Crippen LogP contribution in [-0.4, -0.2) is 123 Å². The lowest BCUT2D eigenvalue weighted by atomic mass is 9.96. The van der Waals surface area contributed by atoms with Gasteiger partial charge in [0.1, 0.15) is 30.2 Å². The van der Waals surface area contributed by atoms with Gasteiger partial charge in [-0.05, 0) is 42.9 Å². The van der Waals surface area contributed by atoms with E-state index in [9.17, 15) is 43.5 Å². The number of amides is 9. The molecule has 9 amide bonds. The Morgan fingerprint density at radius 1 is 0.938 bits per heavy atom. The van der Waals surface area contributed by atoms with Crippen LogP contribution in [0.5, 0.6) is 0 Å². The molecule has 0 bridgehead atoms. The summed E-state index contributed by atoms with van der Waals surface area (Å²) in [5, 5.41) is 25.1. The second kappa shape index (κ2) is 22.6. The number of likely N-dealkylation sites (tertiary alicyclic amines) is 1. The highest BCUT2D eigenvalue weighted by Gasteiger charge is 2.46. The van der Waals surface area contributed by atoms with Crippen molar-refractivity contribution in [2.24, 2.45) is 34.8 Å². The molecule has 5 rings (SSSR count). The summed E-state index contributed by atoms with van der Waals surface area (Å²) in [6.45, 7) is 2.85. The topological polar surface area (TPSA) is 367 Å². The molecule has 1 aliphatic carbocycles. The van der Waals surface area contributed by atoms with Crippen LogP contribution in [0, 0.1) is 11.8 Å². The molecule has 1 fully saturated rings. The Morgan fingerprint density at radius 3 is 2.32 bits per heavy atom. The lowest BCUT2D eigenvalue weighted by Gasteiger charge is -2.33. The summed E-state index contributed by atoms with van der Waals surface area (Å²) in [4.78, 5) is 110. The van der Waals surface area contributed by atoms with Crippen LogP contribution in [0.25, 0.3) is 10.9 Å². The molecule has 23 heteroatoms. The van der Waals surface area contributed by atoms with E-state index >= 15 is 0 Å². The minimum Gasteiger partial charge on any atom is -0.394 e. The second-order valence-corrected chi connectivity index (χ2v) is 16.3. The number of fused-ring (bicyclic) bond motifs is 1. The number of rotatable bonds is 23. The summed E-state index contributed by atoms with van der Waals surface area (Å²) in [7, 11) is 0. The highest BCUT2D eigenvalue weighted by molar-refractivity contribution is 5.98. The van der Waals surface area contributed by atoms with Crippen LogP contribution in [0.2, 0.25) is 0 Å². The van der Waals surface area contributed by atoms with Gasteiger partial charge in [-0.3, -0.25) is 38.6 Å². The highest BCUT2D eigenvalue weighted by atomic mass is 16.3. The Bertz CT molecular complexity index is 2210. The zero-order valence-electron chi connectivity index (χ0n) is 36.3. The molecule has 8 atom stereocenters.